The Balaban J connectivity index is 4.19. The molecule has 300 valence electrons. The van der Waals surface area contributed by atoms with Crippen LogP contribution in [0.25, 0.3) is 0 Å². The van der Waals surface area contributed by atoms with Gasteiger partial charge in [-0.1, -0.05) is 141 Å². The molecular weight excluding hydrogens is 665 g/mol. The van der Waals surface area contributed by atoms with Crippen LogP contribution < -0.4 is 5.73 Å². The zero-order valence-electron chi connectivity index (χ0n) is 32.8. The minimum absolute atomic E-state index is 0.0525. The van der Waals surface area contributed by atoms with E-state index in [0.717, 1.165) is 64.2 Å². The van der Waals surface area contributed by atoms with Gasteiger partial charge in [0.1, 0.15) is 6.61 Å². The standard InChI is InChI=1S/C41H78NO8P/c1-3-5-7-9-11-13-15-17-19-21-23-25-27-29-31-33-40(43)47-37-39(38-49-51(45,46)48-36-35-42)50-41(44)34-32-30-28-26-24-22-20-18-16-14-12-10-8-6-4-2/h14,16-17,19,39H,3-13,15,18,20-38,42H2,1-2H3,(H,45,46)/b16-14-,19-17-/t39-/m1/s1. The van der Waals surface area contributed by atoms with E-state index >= 15 is 0 Å². The lowest BCUT2D eigenvalue weighted by Gasteiger charge is -2.19. The molecule has 1 unspecified atom stereocenters. The predicted molar refractivity (Wildman–Crippen MR) is 211 cm³/mol. The lowest BCUT2D eigenvalue weighted by Crippen LogP contribution is -2.29. The maximum Gasteiger partial charge on any atom is 0.472 e. The van der Waals surface area contributed by atoms with Gasteiger partial charge in [0.05, 0.1) is 13.2 Å². The summed E-state index contributed by atoms with van der Waals surface area (Å²) in [4.78, 5) is 34.8. The highest BCUT2D eigenvalue weighted by Gasteiger charge is 2.26. The number of carbonyl (C=O) groups excluding carboxylic acids is 2. The summed E-state index contributed by atoms with van der Waals surface area (Å²) >= 11 is 0. The average molecular weight is 744 g/mol. The Bertz CT molecular complexity index is 897. The van der Waals surface area contributed by atoms with Gasteiger partial charge in [-0.15, -0.1) is 0 Å². The van der Waals surface area contributed by atoms with Crippen molar-refractivity contribution in [1.29, 1.82) is 0 Å². The van der Waals surface area contributed by atoms with Crippen molar-refractivity contribution in [2.45, 2.75) is 200 Å². The number of rotatable bonds is 39. The summed E-state index contributed by atoms with van der Waals surface area (Å²) in [5.74, 6) is -0.840. The number of carbonyl (C=O) groups is 2. The molecule has 0 radical (unpaired) electrons. The highest BCUT2D eigenvalue weighted by Crippen LogP contribution is 2.43. The predicted octanol–water partition coefficient (Wildman–Crippen LogP) is 11.6. The normalized spacial score (nSPS) is 13.6. The number of ether oxygens (including phenoxy) is 2. The van der Waals surface area contributed by atoms with E-state index in [1.165, 1.54) is 96.3 Å². The fourth-order valence-electron chi connectivity index (χ4n) is 5.68. The summed E-state index contributed by atoms with van der Waals surface area (Å²) in [6, 6.07) is 0. The third-order valence-electron chi connectivity index (χ3n) is 8.81. The third-order valence-corrected chi connectivity index (χ3v) is 9.79. The molecule has 51 heavy (non-hydrogen) atoms. The summed E-state index contributed by atoms with van der Waals surface area (Å²) < 4.78 is 32.7. The maximum absolute atomic E-state index is 12.5. The molecule has 10 heteroatoms. The average Bonchev–Trinajstić information content (AvgIpc) is 3.11. The number of allylic oxidation sites excluding steroid dienone is 4. The number of hydrogen-bond donors (Lipinski definition) is 2. The maximum atomic E-state index is 12.5. The SMILES string of the molecule is CCCCCC/C=C\CCCCCCCCCC(=O)O[C@H](COC(=O)CCCCCCC/C=C\CCCCCCCC)COP(=O)(O)OCCN. The molecule has 0 fully saturated rings. The van der Waals surface area contributed by atoms with Gasteiger partial charge in [0.25, 0.3) is 0 Å². The van der Waals surface area contributed by atoms with E-state index in [-0.39, 0.29) is 32.6 Å². The van der Waals surface area contributed by atoms with Gasteiger partial charge in [-0.25, -0.2) is 4.57 Å². The fourth-order valence-corrected chi connectivity index (χ4v) is 6.45. The number of esters is 2. The van der Waals surface area contributed by atoms with Crippen LogP contribution in [-0.2, 0) is 32.7 Å². The minimum Gasteiger partial charge on any atom is -0.462 e. The van der Waals surface area contributed by atoms with Crippen LogP contribution in [0.3, 0.4) is 0 Å². The second-order valence-electron chi connectivity index (χ2n) is 13.8. The van der Waals surface area contributed by atoms with E-state index in [4.69, 9.17) is 24.3 Å². The molecule has 9 nitrogen and oxygen atoms in total. The van der Waals surface area contributed by atoms with Crippen molar-refractivity contribution in [2.24, 2.45) is 5.73 Å². The van der Waals surface area contributed by atoms with Crippen molar-refractivity contribution in [1.82, 2.24) is 0 Å². The van der Waals surface area contributed by atoms with Crippen molar-refractivity contribution < 1.29 is 37.6 Å². The van der Waals surface area contributed by atoms with Crippen LogP contribution in [0.2, 0.25) is 0 Å². The second-order valence-corrected chi connectivity index (χ2v) is 15.3. The van der Waals surface area contributed by atoms with Crippen molar-refractivity contribution >= 4 is 19.8 Å². The molecule has 0 saturated heterocycles. The van der Waals surface area contributed by atoms with Crippen LogP contribution in [0.15, 0.2) is 24.3 Å². The first-order chi connectivity index (χ1) is 24.8. The van der Waals surface area contributed by atoms with Crippen LogP contribution in [0.4, 0.5) is 0 Å². The van der Waals surface area contributed by atoms with Crippen LogP contribution in [0, 0.1) is 0 Å². The molecule has 2 atom stereocenters. The van der Waals surface area contributed by atoms with Crippen LogP contribution in [-0.4, -0.2) is 49.3 Å². The van der Waals surface area contributed by atoms with Crippen LogP contribution >= 0.6 is 7.82 Å². The van der Waals surface area contributed by atoms with E-state index in [0.29, 0.717) is 6.42 Å². The highest BCUT2D eigenvalue weighted by molar-refractivity contribution is 7.47. The molecule has 3 N–H and O–H groups in total. The Hall–Kier alpha value is -1.51. The van der Waals surface area contributed by atoms with E-state index < -0.39 is 32.5 Å². The number of hydrogen-bond acceptors (Lipinski definition) is 8. The number of unbranched alkanes of at least 4 members (excludes halogenated alkanes) is 22. The van der Waals surface area contributed by atoms with Gasteiger partial charge in [-0.05, 0) is 64.2 Å². The monoisotopic (exact) mass is 744 g/mol. The Kier molecular flexibility index (Phi) is 37.1. The molecule has 0 saturated carbocycles. The number of nitrogens with two attached hydrogens (primary N) is 1. The van der Waals surface area contributed by atoms with E-state index in [1.807, 2.05) is 0 Å². The van der Waals surface area contributed by atoms with Crippen molar-refractivity contribution in [2.75, 3.05) is 26.4 Å². The Morgan fingerprint density at radius 3 is 1.41 bits per heavy atom. The minimum atomic E-state index is -4.37. The lowest BCUT2D eigenvalue weighted by atomic mass is 10.1. The van der Waals surface area contributed by atoms with Gasteiger partial charge < -0.3 is 20.1 Å². The lowest BCUT2D eigenvalue weighted by molar-refractivity contribution is -0.161. The zero-order chi connectivity index (χ0) is 37.5. The first-order valence-corrected chi connectivity index (χ1v) is 22.3. The Morgan fingerprint density at radius 2 is 0.961 bits per heavy atom. The molecule has 0 rings (SSSR count). The van der Waals surface area contributed by atoms with Crippen molar-refractivity contribution in [3.8, 4) is 0 Å². The zero-order valence-corrected chi connectivity index (χ0v) is 33.7. The smallest absolute Gasteiger partial charge is 0.462 e. The van der Waals surface area contributed by atoms with Gasteiger partial charge >= 0.3 is 19.8 Å². The van der Waals surface area contributed by atoms with Gasteiger partial charge in [-0.3, -0.25) is 18.6 Å². The molecule has 0 aromatic heterocycles. The molecule has 0 amide bonds. The number of phosphoric acid groups is 1. The molecule has 0 aliphatic rings. The molecule has 0 aliphatic carbocycles. The van der Waals surface area contributed by atoms with E-state index in [9.17, 15) is 19.0 Å². The van der Waals surface area contributed by atoms with Gasteiger partial charge in [0.15, 0.2) is 6.10 Å². The van der Waals surface area contributed by atoms with Crippen molar-refractivity contribution in [3.63, 3.8) is 0 Å². The summed E-state index contributed by atoms with van der Waals surface area (Å²) in [6.07, 6.45) is 39.1. The van der Waals surface area contributed by atoms with Crippen LogP contribution in [0.1, 0.15) is 194 Å². The topological polar surface area (TPSA) is 134 Å². The Labute approximate surface area is 312 Å². The first kappa shape index (κ1) is 49.5. The summed E-state index contributed by atoms with van der Waals surface area (Å²) in [7, 11) is -4.37. The molecule has 0 spiro atoms. The first-order valence-electron chi connectivity index (χ1n) is 20.8. The Morgan fingerprint density at radius 1 is 0.569 bits per heavy atom. The summed E-state index contributed by atoms with van der Waals surface area (Å²) in [5, 5.41) is 0. The molecular formula is C41H78NO8P. The highest BCUT2D eigenvalue weighted by atomic mass is 31.2. The molecule has 0 heterocycles. The van der Waals surface area contributed by atoms with Crippen molar-refractivity contribution in [3.05, 3.63) is 24.3 Å². The molecule has 0 aliphatic heterocycles. The third kappa shape index (κ3) is 38.0. The van der Waals surface area contributed by atoms with E-state index in [2.05, 4.69) is 38.2 Å². The van der Waals surface area contributed by atoms with Crippen LogP contribution in [0.5, 0.6) is 0 Å². The van der Waals surface area contributed by atoms with E-state index in [1.54, 1.807) is 0 Å². The summed E-state index contributed by atoms with van der Waals surface area (Å²) in [5.41, 5.74) is 5.34. The molecule has 0 aromatic rings. The summed E-state index contributed by atoms with van der Waals surface area (Å²) in [6.45, 7) is 3.70. The largest absolute Gasteiger partial charge is 0.472 e. The molecule has 0 bridgehead atoms. The van der Waals surface area contributed by atoms with Gasteiger partial charge in [0, 0.05) is 19.4 Å². The molecule has 0 aromatic carbocycles. The fraction of sp³-hybridized carbons (Fsp3) is 0.854. The van der Waals surface area contributed by atoms with Gasteiger partial charge in [0.2, 0.25) is 0 Å². The quantitative estimate of drug-likeness (QED) is 0.0273. The second kappa shape index (κ2) is 38.2. The van der Waals surface area contributed by atoms with Gasteiger partial charge in [-0.2, -0.15) is 0 Å². The number of phosphoric ester groups is 1.